The van der Waals surface area contributed by atoms with Crippen LogP contribution in [0.4, 0.5) is 0 Å². The third-order valence-corrected chi connectivity index (χ3v) is 4.22. The zero-order chi connectivity index (χ0) is 16.6. The van der Waals surface area contributed by atoms with Crippen molar-refractivity contribution in [2.75, 3.05) is 13.2 Å². The van der Waals surface area contributed by atoms with Crippen molar-refractivity contribution in [3.05, 3.63) is 28.8 Å². The van der Waals surface area contributed by atoms with Crippen LogP contribution in [0.3, 0.4) is 0 Å². The van der Waals surface area contributed by atoms with Crippen LogP contribution in [0, 0.1) is 0 Å². The number of carbonyl (C=O) groups is 1. The number of aryl methyl sites for hydroxylation is 1. The van der Waals surface area contributed by atoms with E-state index in [2.05, 4.69) is 11.4 Å². The van der Waals surface area contributed by atoms with Crippen molar-refractivity contribution in [1.82, 2.24) is 5.32 Å². The topological polar surface area (TPSA) is 58.6 Å². The summed E-state index contributed by atoms with van der Waals surface area (Å²) < 4.78 is 26.8. The molecule has 0 saturated carbocycles. The molecule has 1 unspecified atom stereocenters. The number of amides is 1. The SMILES string of the molecule is [2H]C([2H])([2H])C(O)C(=O)NCC[C@@H]1CCc2ccc3c(c21)CCO3. The first-order valence-electron chi connectivity index (χ1n) is 8.61. The Balaban J connectivity index is 1.60. The molecule has 2 atom stereocenters. The third kappa shape index (κ3) is 2.40. The highest BCUT2D eigenvalue weighted by Gasteiger charge is 2.29. The highest BCUT2D eigenvalue weighted by Crippen LogP contribution is 2.42. The number of ether oxygens (including phenoxy) is 1. The summed E-state index contributed by atoms with van der Waals surface area (Å²) in [5.74, 6) is 0.495. The van der Waals surface area contributed by atoms with E-state index in [1.165, 1.54) is 16.7 Å². The van der Waals surface area contributed by atoms with Gasteiger partial charge in [0.2, 0.25) is 5.91 Å². The Morgan fingerprint density at radius 3 is 3.35 bits per heavy atom. The van der Waals surface area contributed by atoms with Gasteiger partial charge in [0.15, 0.2) is 0 Å². The summed E-state index contributed by atoms with van der Waals surface area (Å²) in [5, 5.41) is 12.0. The van der Waals surface area contributed by atoms with Gasteiger partial charge in [-0.2, -0.15) is 0 Å². The molecule has 1 aliphatic heterocycles. The van der Waals surface area contributed by atoms with Crippen LogP contribution in [0.25, 0.3) is 0 Å². The summed E-state index contributed by atoms with van der Waals surface area (Å²) in [4.78, 5) is 11.7. The van der Waals surface area contributed by atoms with Crippen LogP contribution in [0.2, 0.25) is 0 Å². The maximum absolute atomic E-state index is 11.7. The predicted octanol–water partition coefficient (Wildman–Crippen LogP) is 1.54. The molecule has 1 heterocycles. The smallest absolute Gasteiger partial charge is 0.248 e. The number of carbonyl (C=O) groups excluding carboxylic acids is 1. The van der Waals surface area contributed by atoms with Gasteiger partial charge >= 0.3 is 0 Å². The molecule has 1 aromatic carbocycles. The summed E-state index contributed by atoms with van der Waals surface area (Å²) in [6.07, 6.45) is 1.76. The Bertz CT molecular complexity index is 615. The Labute approximate surface area is 123 Å². The zero-order valence-corrected chi connectivity index (χ0v) is 11.3. The summed E-state index contributed by atoms with van der Waals surface area (Å²) >= 11 is 0. The first-order chi connectivity index (χ1) is 10.9. The van der Waals surface area contributed by atoms with Gasteiger partial charge in [-0.3, -0.25) is 4.79 Å². The Hall–Kier alpha value is -1.55. The van der Waals surface area contributed by atoms with Crippen LogP contribution in [0.5, 0.6) is 5.75 Å². The number of rotatable bonds is 4. The van der Waals surface area contributed by atoms with Crippen molar-refractivity contribution in [3.8, 4) is 5.75 Å². The van der Waals surface area contributed by atoms with Gasteiger partial charge in [-0.15, -0.1) is 0 Å². The number of hydrogen-bond acceptors (Lipinski definition) is 3. The lowest BCUT2D eigenvalue weighted by atomic mass is 9.92. The van der Waals surface area contributed by atoms with E-state index >= 15 is 0 Å². The van der Waals surface area contributed by atoms with Crippen LogP contribution in [0.15, 0.2) is 12.1 Å². The molecule has 4 heteroatoms. The molecule has 2 aliphatic rings. The van der Waals surface area contributed by atoms with E-state index in [4.69, 9.17) is 8.85 Å². The van der Waals surface area contributed by atoms with E-state index in [0.717, 1.165) is 38.0 Å². The average Bonchev–Trinajstić information content (AvgIpc) is 3.10. The van der Waals surface area contributed by atoms with Crippen molar-refractivity contribution >= 4 is 5.91 Å². The Morgan fingerprint density at radius 2 is 2.50 bits per heavy atom. The quantitative estimate of drug-likeness (QED) is 0.878. The summed E-state index contributed by atoms with van der Waals surface area (Å²) in [7, 11) is 0. The third-order valence-electron chi connectivity index (χ3n) is 4.22. The number of fused-ring (bicyclic) bond motifs is 3. The summed E-state index contributed by atoms with van der Waals surface area (Å²) in [5.41, 5.74) is 4.00. The number of aliphatic hydroxyl groups is 1. The number of benzene rings is 1. The number of hydrogen-bond donors (Lipinski definition) is 2. The zero-order valence-electron chi connectivity index (χ0n) is 14.3. The maximum atomic E-state index is 11.7. The van der Waals surface area contributed by atoms with Crippen LogP contribution in [-0.4, -0.2) is 30.3 Å². The van der Waals surface area contributed by atoms with E-state index < -0.39 is 18.9 Å². The van der Waals surface area contributed by atoms with Crippen molar-refractivity contribution in [1.29, 1.82) is 0 Å². The first kappa shape index (κ1) is 10.2. The van der Waals surface area contributed by atoms with Gasteiger partial charge in [0.05, 0.1) is 6.61 Å². The van der Waals surface area contributed by atoms with Crippen molar-refractivity contribution in [2.24, 2.45) is 0 Å². The number of nitrogens with one attached hydrogen (secondary N) is 1. The van der Waals surface area contributed by atoms with Crippen LogP contribution in [0.1, 0.15) is 46.4 Å². The molecule has 1 amide bonds. The van der Waals surface area contributed by atoms with Gasteiger partial charge in [-0.1, -0.05) is 6.07 Å². The lowest BCUT2D eigenvalue weighted by Crippen LogP contribution is -2.33. The fourth-order valence-electron chi connectivity index (χ4n) is 3.30. The van der Waals surface area contributed by atoms with E-state index in [1.54, 1.807) is 0 Å². The lowest BCUT2D eigenvalue weighted by molar-refractivity contribution is -0.128. The van der Waals surface area contributed by atoms with Gasteiger partial charge in [0.1, 0.15) is 11.9 Å². The fraction of sp³-hybridized carbons (Fsp3) is 0.562. The summed E-state index contributed by atoms with van der Waals surface area (Å²) in [6, 6.07) is 4.16. The summed E-state index contributed by atoms with van der Waals surface area (Å²) in [6.45, 7) is -1.59. The molecule has 0 saturated heterocycles. The number of aliphatic hydroxyl groups excluding tert-OH is 1. The minimum Gasteiger partial charge on any atom is -0.493 e. The molecule has 0 spiro atoms. The van der Waals surface area contributed by atoms with Crippen molar-refractivity contribution in [3.63, 3.8) is 0 Å². The molecule has 0 bridgehead atoms. The monoisotopic (exact) mass is 278 g/mol. The van der Waals surface area contributed by atoms with E-state index in [9.17, 15) is 9.90 Å². The Morgan fingerprint density at radius 1 is 1.60 bits per heavy atom. The minimum absolute atomic E-state index is 0.354. The molecule has 20 heavy (non-hydrogen) atoms. The van der Waals surface area contributed by atoms with Crippen molar-refractivity contribution < 1.29 is 18.8 Å². The molecule has 2 N–H and O–H groups in total. The predicted molar refractivity (Wildman–Crippen MR) is 76.0 cm³/mol. The van der Waals surface area contributed by atoms with Gasteiger partial charge < -0.3 is 15.2 Å². The first-order valence-corrected chi connectivity index (χ1v) is 7.11. The second-order valence-corrected chi connectivity index (χ2v) is 5.43. The second kappa shape index (κ2) is 5.44. The molecule has 1 aromatic rings. The highest BCUT2D eigenvalue weighted by atomic mass is 16.5. The minimum atomic E-state index is -2.68. The second-order valence-electron chi connectivity index (χ2n) is 5.43. The molecule has 0 aromatic heterocycles. The largest absolute Gasteiger partial charge is 0.493 e. The van der Waals surface area contributed by atoms with E-state index in [0.29, 0.717) is 12.5 Å². The molecule has 1 aliphatic carbocycles. The standard InChI is InChI=1S/C16H21NO3/c1-10(18)16(19)17-8-6-12-3-2-11-4-5-14-13(15(11)12)7-9-20-14/h4-5,10,12,18H,2-3,6-9H2,1H3,(H,17,19)/t10?,12-/m0/s1/i1D3. The van der Waals surface area contributed by atoms with E-state index in [-0.39, 0.29) is 0 Å². The van der Waals surface area contributed by atoms with E-state index in [1.807, 2.05) is 6.07 Å². The molecular formula is C16H21NO3. The van der Waals surface area contributed by atoms with Crippen LogP contribution in [-0.2, 0) is 17.6 Å². The molecular weight excluding hydrogens is 254 g/mol. The van der Waals surface area contributed by atoms with Gasteiger partial charge in [0, 0.05) is 22.6 Å². The van der Waals surface area contributed by atoms with Gasteiger partial charge in [0.25, 0.3) is 0 Å². The van der Waals surface area contributed by atoms with Gasteiger partial charge in [-0.25, -0.2) is 0 Å². The maximum Gasteiger partial charge on any atom is 0.248 e. The normalized spacial score (nSPS) is 23.9. The van der Waals surface area contributed by atoms with Gasteiger partial charge in [-0.05, 0) is 49.2 Å². The Kier molecular flexibility index (Phi) is 2.78. The van der Waals surface area contributed by atoms with Crippen molar-refractivity contribution in [2.45, 2.75) is 44.6 Å². The average molecular weight is 278 g/mol. The molecule has 0 radical (unpaired) electrons. The highest BCUT2D eigenvalue weighted by molar-refractivity contribution is 5.79. The lowest BCUT2D eigenvalue weighted by Gasteiger charge is -2.15. The molecule has 108 valence electrons. The fourth-order valence-corrected chi connectivity index (χ4v) is 3.30. The molecule has 4 nitrogen and oxygen atoms in total. The molecule has 0 fully saturated rings. The van der Waals surface area contributed by atoms with Crippen LogP contribution < -0.4 is 10.1 Å². The van der Waals surface area contributed by atoms with Crippen LogP contribution >= 0.6 is 0 Å². The molecule has 3 rings (SSSR count).